The van der Waals surface area contributed by atoms with Crippen LogP contribution in [0.4, 0.5) is 20.1 Å². The molecule has 656 valence electrons. The molecule has 0 spiro atoms. The van der Waals surface area contributed by atoms with Gasteiger partial charge in [-0.1, -0.05) is 91.3 Å². The Morgan fingerprint density at radius 1 is 0.773 bits per heavy atom. The highest BCUT2D eigenvalue weighted by atomic mass is 32.1. The van der Waals surface area contributed by atoms with Crippen molar-refractivity contribution in [1.82, 2.24) is 61.4 Å². The quantitative estimate of drug-likeness (QED) is 0.0214. The van der Waals surface area contributed by atoms with E-state index in [0.29, 0.717) is 51.5 Å². The molecule has 119 heavy (non-hydrogen) atoms. The van der Waals surface area contributed by atoms with Crippen molar-refractivity contribution in [3.63, 3.8) is 0 Å². The summed E-state index contributed by atoms with van der Waals surface area (Å²) in [7, 11) is 1.42. The second-order valence-corrected chi connectivity index (χ2v) is 33.9. The maximum atomic E-state index is 15.2. The van der Waals surface area contributed by atoms with Crippen LogP contribution in [-0.4, -0.2) is 262 Å². The maximum Gasteiger partial charge on any atom is 0.411 e. The van der Waals surface area contributed by atoms with E-state index in [4.69, 9.17) is 29.4 Å². The number of likely N-dealkylation sites (N-methyl/N-ethyl adjacent to an activating group) is 1. The Kier molecular flexibility index (Phi) is 37.2. The van der Waals surface area contributed by atoms with Crippen LogP contribution in [0.2, 0.25) is 0 Å². The Balaban J connectivity index is 1.06. The lowest BCUT2D eigenvalue weighted by Crippen LogP contribution is -2.60. The van der Waals surface area contributed by atoms with Crippen LogP contribution < -0.4 is 43.0 Å². The topological polar surface area (TPSA) is 502 Å². The molecule has 3 aliphatic heterocycles. The lowest BCUT2D eigenvalue weighted by Gasteiger charge is -2.41. The van der Waals surface area contributed by atoms with E-state index in [1.54, 1.807) is 52.8 Å². The number of likely N-dealkylation sites (tertiary alicyclic amines) is 2. The van der Waals surface area contributed by atoms with E-state index in [9.17, 15) is 77.0 Å². The molecule has 4 aliphatic rings. The Morgan fingerprint density at radius 2 is 1.47 bits per heavy atom. The van der Waals surface area contributed by atoms with Crippen LogP contribution in [0.5, 0.6) is 0 Å². The molecule has 1 aliphatic carbocycles. The number of aliphatic carboxylic acids is 1. The van der Waals surface area contributed by atoms with Gasteiger partial charge in [0.1, 0.15) is 42.4 Å². The standard InChI is InChI=1S/C80H117N14O23PS/c1-12-48(6)68(60(113-10)42-65(99)92-33-17-22-59(92)70(114-11)49(7)71(100)87-57(75-82-32-38-119-75)39-50-19-14-13-15-20-50)91(9)76(104)67(47(4)5)89-74(103)69-51-25-27-55(41-51)94(69)80(109)116-44-52-24-26-54(40-53(52)43-90(8)79(108)117-45-58(77(105)106)85-61(95)23-18-37-118(110,111)112)84-72(101)56(21-16-31-83-78(81)107)86-73(102)66(46(2)3)88-62(96)30-35-115-36-34-93-63(97)28-29-64(93)98/h13-15,19-20,24,26,28-29,32,38,40,46-49,51,55-60,66-70H,12,16-18,21-23,25,27,30-31,33-37,39,41-45H2,1-11H3,(H,84,101)(H,85,95)(H,86,102)(H,87,100)(H,88,96)(H,89,103)(H,105,106)(H3,81,83,107)(H2,110,111,112)/t48-,49+,51-,55+,56-,57-,58+,59-,60+,66-,67-,68-,69-,70+/m0/s1. The van der Waals surface area contributed by atoms with Crippen molar-refractivity contribution in [3.8, 4) is 0 Å². The number of carbonyl (C=O) groups is 14. The van der Waals surface area contributed by atoms with Gasteiger partial charge in [0.2, 0.25) is 47.3 Å². The third-order valence-corrected chi connectivity index (χ3v) is 23.8. The first-order valence-electron chi connectivity index (χ1n) is 40.2. The molecule has 37 nitrogen and oxygen atoms in total. The number of methoxy groups -OCH3 is 2. The number of piperidine rings is 1. The van der Waals surface area contributed by atoms with Gasteiger partial charge in [0.05, 0.1) is 68.6 Å². The van der Waals surface area contributed by atoms with E-state index >= 15 is 9.59 Å². The summed E-state index contributed by atoms with van der Waals surface area (Å²) in [4.78, 5) is 220. The van der Waals surface area contributed by atoms with Gasteiger partial charge >= 0.3 is 31.8 Å². The first kappa shape index (κ1) is 96.2. The molecular formula is C80H117N14O23PS. The van der Waals surface area contributed by atoms with Crippen LogP contribution in [0, 0.1) is 29.6 Å². The van der Waals surface area contributed by atoms with Gasteiger partial charge in [-0.2, -0.15) is 0 Å². The number of fused-ring (bicyclic) bond motifs is 2. The highest BCUT2D eigenvalue weighted by Crippen LogP contribution is 2.44. The average molecular weight is 1710 g/mol. The fourth-order valence-corrected chi connectivity index (χ4v) is 16.7. The van der Waals surface area contributed by atoms with E-state index in [0.717, 1.165) is 32.5 Å². The normalized spacial score (nSPS) is 18.8. The number of ether oxygens (including phenoxy) is 5. The number of rotatable bonds is 47. The summed E-state index contributed by atoms with van der Waals surface area (Å²) in [5.74, 6) is -9.60. The molecule has 4 heterocycles. The molecule has 12 N–H and O–H groups in total. The van der Waals surface area contributed by atoms with Crippen LogP contribution in [0.3, 0.4) is 0 Å². The number of benzene rings is 2. The van der Waals surface area contributed by atoms with Crippen molar-refractivity contribution < 1.29 is 110 Å². The number of amides is 14. The van der Waals surface area contributed by atoms with Gasteiger partial charge in [-0.15, -0.1) is 11.3 Å². The molecule has 3 fully saturated rings. The first-order valence-corrected chi connectivity index (χ1v) is 42.9. The second-order valence-electron chi connectivity index (χ2n) is 31.2. The fourth-order valence-electron chi connectivity index (χ4n) is 15.4. The number of carboxylic acid groups (broad SMARTS) is 1. The number of imide groups is 1. The number of carbonyl (C=O) groups excluding carboxylic acids is 13. The number of aromatic nitrogens is 1. The Bertz CT molecular complexity index is 4080. The zero-order valence-corrected chi connectivity index (χ0v) is 71.1. The molecule has 14 atom stereocenters. The van der Waals surface area contributed by atoms with Gasteiger partial charge < -0.3 is 96.2 Å². The third kappa shape index (κ3) is 28.1. The van der Waals surface area contributed by atoms with E-state index < -0.39 is 196 Å². The van der Waals surface area contributed by atoms with Crippen LogP contribution >= 0.6 is 18.9 Å². The SMILES string of the molecule is CC[C@H](C)[C@@H]([C@@H](CC(=O)N1CCC[C@H]1[C@H](OC)[C@@H](C)C(=O)N[C@@H](Cc1ccccc1)c1nccs1)OC)N(C)C(=O)[C@@H](NC(=O)[C@@H]1[C@H]2CC[C@H](C2)N1C(=O)OCc1ccc(NC(=O)[C@H](CCCNC(N)=O)NC(=O)[C@@H](NC(=O)CCOCCN2C(=O)C=CC2=O)C(C)C)cc1CN(C)C(=O)OC[C@@H](NC(=O)CCCP(=O)(O)O)C(=O)O)C(C)C. The Hall–Kier alpha value is -9.98. The minimum Gasteiger partial charge on any atom is -0.480 e. The number of thiazole rings is 1. The molecule has 1 aromatic heterocycles. The maximum absolute atomic E-state index is 15.2. The molecule has 39 heteroatoms. The van der Waals surface area contributed by atoms with E-state index in [1.807, 2.05) is 49.6 Å². The van der Waals surface area contributed by atoms with Crippen LogP contribution in [0.1, 0.15) is 153 Å². The third-order valence-electron chi connectivity index (χ3n) is 22.0. The average Bonchev–Trinajstić information content (AvgIpc) is 1.61. The molecule has 2 aromatic carbocycles. The van der Waals surface area contributed by atoms with Crippen molar-refractivity contribution in [2.75, 3.05) is 79.2 Å². The summed E-state index contributed by atoms with van der Waals surface area (Å²) in [6, 6.07) is 4.58. The fraction of sp³-hybridized carbons (Fsp3) is 0.613. The van der Waals surface area contributed by atoms with Crippen LogP contribution in [0.25, 0.3) is 0 Å². The highest BCUT2D eigenvalue weighted by Gasteiger charge is 2.53. The van der Waals surface area contributed by atoms with E-state index in [1.165, 1.54) is 60.6 Å². The summed E-state index contributed by atoms with van der Waals surface area (Å²) >= 11 is 1.44. The second kappa shape index (κ2) is 46.0. The summed E-state index contributed by atoms with van der Waals surface area (Å²) in [6.07, 6.45) is 2.45. The van der Waals surface area contributed by atoms with Gasteiger partial charge in [0.15, 0.2) is 6.04 Å². The van der Waals surface area contributed by atoms with Gasteiger partial charge in [-0.25, -0.2) is 24.2 Å². The molecule has 0 radical (unpaired) electrons. The van der Waals surface area contributed by atoms with Crippen molar-refractivity contribution in [1.29, 1.82) is 0 Å². The van der Waals surface area contributed by atoms with E-state index in [2.05, 4.69) is 42.2 Å². The molecule has 7 rings (SSSR count). The molecular weight excluding hydrogens is 1590 g/mol. The van der Waals surface area contributed by atoms with Crippen molar-refractivity contribution >= 4 is 108 Å². The molecule has 1 saturated carbocycles. The number of hydrogen-bond acceptors (Lipinski definition) is 22. The monoisotopic (exact) mass is 1700 g/mol. The predicted octanol–water partition coefficient (Wildman–Crippen LogP) is 4.23. The zero-order chi connectivity index (χ0) is 87.5. The summed E-state index contributed by atoms with van der Waals surface area (Å²) < 4.78 is 40.5. The summed E-state index contributed by atoms with van der Waals surface area (Å²) in [6.45, 7) is 10.8. The lowest BCUT2D eigenvalue weighted by molar-refractivity contribution is -0.148. The lowest BCUT2D eigenvalue weighted by atomic mass is 9.89. The molecule has 3 aromatic rings. The van der Waals surface area contributed by atoms with Gasteiger partial charge in [0.25, 0.3) is 11.8 Å². The minimum absolute atomic E-state index is 0.0217. The largest absolute Gasteiger partial charge is 0.480 e. The van der Waals surface area contributed by atoms with Gasteiger partial charge in [0, 0.05) is 96.2 Å². The van der Waals surface area contributed by atoms with E-state index in [-0.39, 0.29) is 98.9 Å². The van der Waals surface area contributed by atoms with Crippen LogP contribution in [0.15, 0.2) is 72.3 Å². The Labute approximate surface area is 696 Å². The van der Waals surface area contributed by atoms with Crippen molar-refractivity contribution in [3.05, 3.63) is 94.0 Å². The molecule has 2 saturated heterocycles. The first-order chi connectivity index (χ1) is 56.4. The minimum atomic E-state index is -4.48. The Morgan fingerprint density at radius 3 is 2.10 bits per heavy atom. The van der Waals surface area contributed by atoms with Gasteiger partial charge in [-0.05, 0) is 110 Å². The number of nitrogens with two attached hydrogens (primary N) is 1. The van der Waals surface area contributed by atoms with Crippen LogP contribution in [-0.2, 0) is 101 Å². The highest BCUT2D eigenvalue weighted by molar-refractivity contribution is 7.51. The predicted molar refractivity (Wildman–Crippen MR) is 433 cm³/mol. The smallest absolute Gasteiger partial charge is 0.411 e. The number of primary amides is 1. The number of nitrogens with zero attached hydrogens (tertiary/aromatic N) is 6. The number of urea groups is 1. The zero-order valence-electron chi connectivity index (χ0n) is 69.3. The number of nitrogens with one attached hydrogen (secondary N) is 7. The summed E-state index contributed by atoms with van der Waals surface area (Å²) in [5.41, 5.74) is 6.81. The van der Waals surface area contributed by atoms with Crippen molar-refractivity contribution in [2.45, 2.75) is 212 Å². The van der Waals surface area contributed by atoms with Crippen molar-refractivity contribution in [2.24, 2.45) is 35.3 Å². The molecule has 2 bridgehead atoms. The molecule has 0 unspecified atom stereocenters. The summed E-state index contributed by atoms with van der Waals surface area (Å²) in [5, 5.41) is 31.5. The number of hydrogen-bond donors (Lipinski definition) is 11. The number of carboxylic acids is 1. The number of anilines is 1. The molecule has 14 amide bonds. The van der Waals surface area contributed by atoms with Gasteiger partial charge in [-0.3, -0.25) is 62.3 Å².